The molecule has 2 aromatic carbocycles. The van der Waals surface area contributed by atoms with Gasteiger partial charge in [-0.05, 0) is 36.8 Å². The number of anilines is 1. The van der Waals surface area contributed by atoms with E-state index in [-0.39, 0.29) is 24.4 Å². The Morgan fingerprint density at radius 1 is 1.08 bits per heavy atom. The van der Waals surface area contributed by atoms with Crippen LogP contribution in [0.3, 0.4) is 0 Å². The first-order valence-electron chi connectivity index (χ1n) is 7.55. The van der Waals surface area contributed by atoms with Gasteiger partial charge in [0, 0.05) is 10.7 Å². The normalized spacial score (nSPS) is 11.1. The third-order valence-corrected chi connectivity index (χ3v) is 3.47. The first-order valence-corrected chi connectivity index (χ1v) is 7.92. The molecule has 0 bridgehead atoms. The van der Waals surface area contributed by atoms with Crippen LogP contribution in [0, 0.1) is 5.82 Å². The van der Waals surface area contributed by atoms with Gasteiger partial charge in [0.1, 0.15) is 5.82 Å². The van der Waals surface area contributed by atoms with Crippen LogP contribution in [0.1, 0.15) is 18.9 Å². The Kier molecular flexibility index (Phi) is 6.65. The van der Waals surface area contributed by atoms with Gasteiger partial charge in [0.15, 0.2) is 0 Å². The van der Waals surface area contributed by atoms with E-state index in [0.29, 0.717) is 10.7 Å². The number of para-hydroxylation sites is 1. The lowest BCUT2D eigenvalue weighted by atomic mass is 10.1. The number of carbonyl (C=O) groups excluding carboxylic acids is 2. The predicted molar refractivity (Wildman–Crippen MR) is 96.1 cm³/mol. The summed E-state index contributed by atoms with van der Waals surface area (Å²) >= 11 is 5.78. The fourth-order valence-electron chi connectivity index (χ4n) is 2.01. The highest BCUT2D eigenvalue weighted by molar-refractivity contribution is 6.30. The average Bonchev–Trinajstić information content (AvgIpc) is 2.57. The van der Waals surface area contributed by atoms with Gasteiger partial charge in [0.25, 0.3) is 0 Å². The molecule has 25 heavy (non-hydrogen) atoms. The highest BCUT2D eigenvalue weighted by Gasteiger charge is 2.08. The Balaban J connectivity index is 1.82. The molecule has 0 aromatic heterocycles. The van der Waals surface area contributed by atoms with Crippen LogP contribution >= 0.6 is 11.6 Å². The maximum Gasteiger partial charge on any atom is 0.244 e. The van der Waals surface area contributed by atoms with Gasteiger partial charge in [-0.3, -0.25) is 9.59 Å². The molecule has 0 heterocycles. The lowest BCUT2D eigenvalue weighted by molar-refractivity contribution is -0.120. The first-order chi connectivity index (χ1) is 11.9. The van der Waals surface area contributed by atoms with Crippen LogP contribution in [0.4, 0.5) is 10.1 Å². The summed E-state index contributed by atoms with van der Waals surface area (Å²) in [7, 11) is 0. The van der Waals surface area contributed by atoms with Gasteiger partial charge in [0.05, 0.1) is 18.5 Å². The van der Waals surface area contributed by atoms with Crippen LogP contribution in [-0.4, -0.2) is 17.5 Å². The average molecular weight is 362 g/mol. The molecule has 2 rings (SSSR count). The van der Waals surface area contributed by atoms with E-state index < -0.39 is 11.7 Å². The summed E-state index contributed by atoms with van der Waals surface area (Å²) in [5.74, 6) is -1.24. The van der Waals surface area contributed by atoms with E-state index in [1.54, 1.807) is 37.3 Å². The monoisotopic (exact) mass is 361 g/mol. The van der Waals surface area contributed by atoms with Crippen LogP contribution in [0.2, 0.25) is 5.02 Å². The highest BCUT2D eigenvalue weighted by Crippen LogP contribution is 2.12. The number of halogens is 2. The fraction of sp³-hybridized carbons (Fsp3) is 0.167. The number of benzene rings is 2. The zero-order valence-corrected chi connectivity index (χ0v) is 14.3. The second-order valence-electron chi connectivity index (χ2n) is 5.39. The van der Waals surface area contributed by atoms with Crippen LogP contribution in [0.15, 0.2) is 53.6 Å². The van der Waals surface area contributed by atoms with Crippen molar-refractivity contribution in [3.63, 3.8) is 0 Å². The summed E-state index contributed by atoms with van der Waals surface area (Å²) in [6.07, 6.45) is 0.0882. The Hall–Kier alpha value is -2.73. The van der Waals surface area contributed by atoms with Crippen molar-refractivity contribution >= 4 is 34.8 Å². The van der Waals surface area contributed by atoms with Crippen LogP contribution in [0.5, 0.6) is 0 Å². The van der Waals surface area contributed by atoms with E-state index in [1.807, 2.05) is 0 Å². The summed E-state index contributed by atoms with van der Waals surface area (Å²) < 4.78 is 13.5. The van der Waals surface area contributed by atoms with Gasteiger partial charge < -0.3 is 5.32 Å². The molecular weight excluding hydrogens is 345 g/mol. The van der Waals surface area contributed by atoms with E-state index in [1.165, 1.54) is 18.2 Å². The summed E-state index contributed by atoms with van der Waals surface area (Å²) in [5.41, 5.74) is 3.69. The number of rotatable bonds is 6. The zero-order valence-electron chi connectivity index (χ0n) is 13.6. The van der Waals surface area contributed by atoms with Gasteiger partial charge in [0.2, 0.25) is 11.8 Å². The SMILES string of the molecule is C/C(CC(=O)Nc1ccccc1F)=N/NC(=O)Cc1ccc(Cl)cc1. The van der Waals surface area contributed by atoms with Crippen LogP contribution in [0.25, 0.3) is 0 Å². The number of hydrogen-bond acceptors (Lipinski definition) is 3. The first kappa shape index (κ1) is 18.6. The Labute approximate surface area is 149 Å². The van der Waals surface area contributed by atoms with Crippen molar-refractivity contribution in [3.05, 3.63) is 64.9 Å². The van der Waals surface area contributed by atoms with E-state index in [4.69, 9.17) is 11.6 Å². The fourth-order valence-corrected chi connectivity index (χ4v) is 2.14. The molecule has 0 spiro atoms. The number of hydrazone groups is 1. The lowest BCUT2D eigenvalue weighted by Gasteiger charge is -2.06. The molecule has 5 nitrogen and oxygen atoms in total. The summed E-state index contributed by atoms with van der Waals surface area (Å²) in [5, 5.41) is 6.93. The van der Waals surface area contributed by atoms with Crippen LogP contribution in [-0.2, 0) is 16.0 Å². The largest absolute Gasteiger partial charge is 0.323 e. The second-order valence-corrected chi connectivity index (χ2v) is 5.83. The van der Waals surface area contributed by atoms with Crippen molar-refractivity contribution in [1.29, 1.82) is 0 Å². The molecule has 0 saturated carbocycles. The van der Waals surface area contributed by atoms with E-state index in [2.05, 4.69) is 15.8 Å². The lowest BCUT2D eigenvalue weighted by Crippen LogP contribution is -2.23. The van der Waals surface area contributed by atoms with Crippen molar-refractivity contribution in [2.24, 2.45) is 5.10 Å². The minimum absolute atomic E-state index is 0.0600. The van der Waals surface area contributed by atoms with Crippen molar-refractivity contribution in [3.8, 4) is 0 Å². The number of amides is 2. The minimum Gasteiger partial charge on any atom is -0.323 e. The van der Waals surface area contributed by atoms with E-state index in [0.717, 1.165) is 5.56 Å². The van der Waals surface area contributed by atoms with Crippen molar-refractivity contribution in [2.45, 2.75) is 19.8 Å². The smallest absolute Gasteiger partial charge is 0.244 e. The van der Waals surface area contributed by atoms with Crippen LogP contribution < -0.4 is 10.7 Å². The maximum atomic E-state index is 13.5. The van der Waals surface area contributed by atoms with Crippen molar-refractivity contribution < 1.29 is 14.0 Å². The standard InChI is InChI=1S/C18H17ClFN3O2/c1-12(10-17(24)21-16-5-3-2-4-15(16)20)22-23-18(25)11-13-6-8-14(19)9-7-13/h2-9H,10-11H2,1H3,(H,21,24)(H,23,25)/b22-12-. The molecule has 0 fully saturated rings. The highest BCUT2D eigenvalue weighted by atomic mass is 35.5. The Bertz CT molecular complexity index is 791. The van der Waals surface area contributed by atoms with Gasteiger partial charge in [-0.2, -0.15) is 5.10 Å². The molecule has 2 amide bonds. The van der Waals surface area contributed by atoms with E-state index >= 15 is 0 Å². The van der Waals surface area contributed by atoms with Gasteiger partial charge in [-0.15, -0.1) is 0 Å². The topological polar surface area (TPSA) is 70.6 Å². The maximum absolute atomic E-state index is 13.5. The van der Waals surface area contributed by atoms with Gasteiger partial charge >= 0.3 is 0 Å². The molecular formula is C18H17ClFN3O2. The molecule has 0 aliphatic rings. The predicted octanol–water partition coefficient (Wildman–Crippen LogP) is 3.54. The molecule has 0 aliphatic heterocycles. The minimum atomic E-state index is -0.512. The molecule has 0 radical (unpaired) electrons. The van der Waals surface area contributed by atoms with Gasteiger partial charge in [-0.25, -0.2) is 9.82 Å². The molecule has 0 atom stereocenters. The quantitative estimate of drug-likeness (QED) is 0.610. The third kappa shape index (κ3) is 6.35. The Morgan fingerprint density at radius 3 is 2.44 bits per heavy atom. The molecule has 0 aliphatic carbocycles. The number of carbonyl (C=O) groups is 2. The third-order valence-electron chi connectivity index (χ3n) is 3.21. The zero-order chi connectivity index (χ0) is 18.2. The Morgan fingerprint density at radius 2 is 1.76 bits per heavy atom. The number of hydrogen-bond donors (Lipinski definition) is 2. The summed E-state index contributed by atoms with van der Waals surface area (Å²) in [4.78, 5) is 23.7. The van der Waals surface area contributed by atoms with Crippen molar-refractivity contribution in [1.82, 2.24) is 5.43 Å². The molecule has 2 N–H and O–H groups in total. The molecule has 2 aromatic rings. The van der Waals surface area contributed by atoms with E-state index in [9.17, 15) is 14.0 Å². The summed E-state index contributed by atoms with van der Waals surface area (Å²) in [6, 6.07) is 12.8. The second kappa shape index (κ2) is 8.94. The van der Waals surface area contributed by atoms with Gasteiger partial charge in [-0.1, -0.05) is 35.9 Å². The van der Waals surface area contributed by atoms with Crippen molar-refractivity contribution in [2.75, 3.05) is 5.32 Å². The number of nitrogens with zero attached hydrogens (tertiary/aromatic N) is 1. The molecule has 7 heteroatoms. The summed E-state index contributed by atoms with van der Waals surface area (Å²) in [6.45, 7) is 1.60. The molecule has 130 valence electrons. The molecule has 0 saturated heterocycles. The molecule has 0 unspecified atom stereocenters. The number of nitrogens with one attached hydrogen (secondary N) is 2.